The second-order valence-corrected chi connectivity index (χ2v) is 12.6. The van der Waals surface area contributed by atoms with Crippen LogP contribution >= 0.6 is 22.7 Å². The van der Waals surface area contributed by atoms with E-state index in [0.29, 0.717) is 45.7 Å². The Morgan fingerprint density at radius 2 is 1.79 bits per heavy atom. The second-order valence-electron chi connectivity index (χ2n) is 10.5. The minimum absolute atomic E-state index is 0.0557. The quantitative estimate of drug-likeness (QED) is 0.335. The molecule has 9 nitrogen and oxygen atoms in total. The first kappa shape index (κ1) is 29.4. The van der Waals surface area contributed by atoms with Crippen molar-refractivity contribution in [2.45, 2.75) is 45.8 Å². The minimum atomic E-state index is -0.557. The highest BCUT2D eigenvalue weighted by molar-refractivity contribution is 7.22. The fraction of sp³-hybridized carbons (Fsp3) is 0.536. The zero-order valence-electron chi connectivity index (χ0n) is 23.4. The van der Waals surface area contributed by atoms with Crippen molar-refractivity contribution < 1.29 is 23.8 Å². The van der Waals surface area contributed by atoms with Crippen molar-refractivity contribution in [2.75, 3.05) is 58.9 Å². The van der Waals surface area contributed by atoms with E-state index in [1.165, 1.54) is 11.3 Å². The van der Waals surface area contributed by atoms with Gasteiger partial charge < -0.3 is 24.4 Å². The Morgan fingerprint density at radius 3 is 2.46 bits per heavy atom. The lowest BCUT2D eigenvalue weighted by Crippen LogP contribution is -2.39. The molecule has 1 N–H and O–H groups in total. The highest BCUT2D eigenvalue weighted by Gasteiger charge is 2.31. The summed E-state index contributed by atoms with van der Waals surface area (Å²) in [6.07, 6.45) is 0.703. The van der Waals surface area contributed by atoms with Gasteiger partial charge in [0.25, 0.3) is 0 Å². The number of ether oxygens (including phenoxy) is 3. The number of rotatable bonds is 11. The smallest absolute Gasteiger partial charge is 0.410 e. The number of para-hydroxylation sites is 1. The number of benzene rings is 1. The average molecular weight is 575 g/mol. The number of hydrogen-bond acceptors (Lipinski definition) is 9. The molecule has 1 aliphatic heterocycles. The van der Waals surface area contributed by atoms with Crippen LogP contribution in [0.25, 0.3) is 20.8 Å². The molecule has 0 saturated carbocycles. The number of nitrogens with zero attached hydrogens (tertiary/aromatic N) is 3. The van der Waals surface area contributed by atoms with E-state index in [-0.39, 0.29) is 12.0 Å². The molecule has 1 aromatic carbocycles. The summed E-state index contributed by atoms with van der Waals surface area (Å²) in [4.78, 5) is 35.8. The number of anilines is 1. The molecule has 3 aromatic rings. The second kappa shape index (κ2) is 13.2. The normalized spacial score (nSPS) is 13.6. The first-order chi connectivity index (χ1) is 18.7. The van der Waals surface area contributed by atoms with E-state index < -0.39 is 5.60 Å². The van der Waals surface area contributed by atoms with Crippen LogP contribution in [0.5, 0.6) is 0 Å². The fourth-order valence-corrected chi connectivity index (χ4v) is 6.79. The van der Waals surface area contributed by atoms with Crippen molar-refractivity contribution in [3.63, 3.8) is 0 Å². The summed E-state index contributed by atoms with van der Waals surface area (Å²) in [7, 11) is 3.35. The van der Waals surface area contributed by atoms with Gasteiger partial charge in [0.15, 0.2) is 0 Å². The molecular weight excluding hydrogens is 536 g/mol. The lowest BCUT2D eigenvalue weighted by molar-refractivity contribution is -0.116. The molecule has 0 spiro atoms. The van der Waals surface area contributed by atoms with E-state index in [1.54, 1.807) is 30.5 Å². The number of carbonyl (C=O) groups is 2. The molecule has 0 aliphatic carbocycles. The molecule has 0 bridgehead atoms. The van der Waals surface area contributed by atoms with Crippen LogP contribution in [-0.4, -0.2) is 86.0 Å². The Morgan fingerprint density at radius 1 is 1.08 bits per heavy atom. The Balaban J connectivity index is 1.57. The summed E-state index contributed by atoms with van der Waals surface area (Å²) in [5.74, 6) is -0.0557. The number of nitrogens with one attached hydrogen (secondary N) is 1. The molecule has 3 heterocycles. The van der Waals surface area contributed by atoms with Gasteiger partial charge in [-0.25, -0.2) is 9.78 Å². The summed E-state index contributed by atoms with van der Waals surface area (Å²) in [5, 5.41) is 4.86. The zero-order valence-corrected chi connectivity index (χ0v) is 25.0. The Bertz CT molecular complexity index is 1240. The van der Waals surface area contributed by atoms with E-state index in [0.717, 1.165) is 49.3 Å². The number of methoxy groups -OCH3 is 2. The summed E-state index contributed by atoms with van der Waals surface area (Å²) in [6, 6.07) is 8.06. The maximum atomic E-state index is 13.2. The van der Waals surface area contributed by atoms with E-state index >= 15 is 0 Å². The molecule has 2 amide bonds. The van der Waals surface area contributed by atoms with Gasteiger partial charge in [-0.2, -0.15) is 0 Å². The molecule has 212 valence electrons. The van der Waals surface area contributed by atoms with Crippen molar-refractivity contribution in [2.24, 2.45) is 0 Å². The van der Waals surface area contributed by atoms with Crippen LogP contribution in [0.15, 0.2) is 24.3 Å². The van der Waals surface area contributed by atoms with Gasteiger partial charge in [0.05, 0.1) is 30.0 Å². The number of carbonyl (C=O) groups excluding carboxylic acids is 2. The lowest BCUT2D eigenvalue weighted by Gasteiger charge is -2.30. The number of fused-ring (bicyclic) bond motifs is 2. The SMILES string of the molecule is COCCN(CCOC)CCC(=O)Nc1sc2c(c1-c1nc3ccccc3s1)CCN(C(=O)OC(C)(C)C)C2. The van der Waals surface area contributed by atoms with Gasteiger partial charge in [0.1, 0.15) is 15.6 Å². The van der Waals surface area contributed by atoms with Crippen molar-refractivity contribution in [3.05, 3.63) is 34.7 Å². The maximum Gasteiger partial charge on any atom is 0.410 e. The molecule has 0 atom stereocenters. The zero-order chi connectivity index (χ0) is 28.0. The Labute approximate surface area is 238 Å². The van der Waals surface area contributed by atoms with Crippen molar-refractivity contribution in [1.82, 2.24) is 14.8 Å². The van der Waals surface area contributed by atoms with Gasteiger partial charge in [-0.1, -0.05) is 12.1 Å². The van der Waals surface area contributed by atoms with E-state index in [2.05, 4.69) is 16.3 Å². The summed E-state index contributed by atoms with van der Waals surface area (Å²) in [6.45, 7) is 9.88. The van der Waals surface area contributed by atoms with Gasteiger partial charge >= 0.3 is 6.09 Å². The largest absolute Gasteiger partial charge is 0.444 e. The first-order valence-electron chi connectivity index (χ1n) is 13.2. The van der Waals surface area contributed by atoms with Crippen LogP contribution in [0, 0.1) is 0 Å². The van der Waals surface area contributed by atoms with Gasteiger partial charge in [0, 0.05) is 57.3 Å². The van der Waals surface area contributed by atoms with E-state index in [4.69, 9.17) is 19.2 Å². The molecule has 2 aromatic heterocycles. The Hall–Kier alpha value is -2.57. The minimum Gasteiger partial charge on any atom is -0.444 e. The predicted molar refractivity (Wildman–Crippen MR) is 157 cm³/mol. The average Bonchev–Trinajstić information content (AvgIpc) is 3.47. The molecule has 4 rings (SSSR count). The number of hydrogen-bond donors (Lipinski definition) is 1. The van der Waals surface area contributed by atoms with Crippen LogP contribution in [0.3, 0.4) is 0 Å². The molecular formula is C28H38N4O5S2. The highest BCUT2D eigenvalue weighted by atomic mass is 32.1. The van der Waals surface area contributed by atoms with Crippen LogP contribution in [-0.2, 0) is 32.0 Å². The van der Waals surface area contributed by atoms with Crippen LogP contribution in [0.4, 0.5) is 9.80 Å². The molecule has 0 saturated heterocycles. The van der Waals surface area contributed by atoms with Crippen molar-refractivity contribution in [1.29, 1.82) is 0 Å². The molecule has 39 heavy (non-hydrogen) atoms. The van der Waals surface area contributed by atoms with Crippen molar-refractivity contribution in [3.8, 4) is 10.6 Å². The number of aromatic nitrogens is 1. The predicted octanol–water partition coefficient (Wildman–Crippen LogP) is 5.24. The van der Waals surface area contributed by atoms with Crippen LogP contribution in [0.1, 0.15) is 37.6 Å². The van der Waals surface area contributed by atoms with Gasteiger partial charge in [0.2, 0.25) is 5.91 Å². The number of thiazole rings is 1. The third-order valence-electron chi connectivity index (χ3n) is 6.35. The molecule has 0 fully saturated rings. The molecule has 0 unspecified atom stereocenters. The third kappa shape index (κ3) is 7.76. The molecule has 11 heteroatoms. The van der Waals surface area contributed by atoms with Crippen LogP contribution < -0.4 is 5.32 Å². The number of amides is 2. The monoisotopic (exact) mass is 574 g/mol. The first-order valence-corrected chi connectivity index (χ1v) is 14.8. The summed E-state index contributed by atoms with van der Waals surface area (Å²) < 4.78 is 17.2. The lowest BCUT2D eigenvalue weighted by atomic mass is 10.0. The topological polar surface area (TPSA) is 93.2 Å². The number of thiophene rings is 1. The fourth-order valence-electron chi connectivity index (χ4n) is 4.40. The van der Waals surface area contributed by atoms with Gasteiger partial charge in [-0.15, -0.1) is 22.7 Å². The van der Waals surface area contributed by atoms with Gasteiger partial charge in [-0.05, 0) is 44.9 Å². The van der Waals surface area contributed by atoms with E-state index in [9.17, 15) is 9.59 Å². The standard InChI is InChI=1S/C28H38N4O5S2/c1-28(2,3)37-27(34)32-13-10-19-22(18-32)39-26(24(19)25-29-20-8-6-7-9-21(20)38-25)30-23(33)11-12-31(14-16-35-4)15-17-36-5/h6-9H,10-18H2,1-5H3,(H,30,33). The highest BCUT2D eigenvalue weighted by Crippen LogP contribution is 2.45. The van der Waals surface area contributed by atoms with Gasteiger partial charge in [-0.3, -0.25) is 9.69 Å². The van der Waals surface area contributed by atoms with E-state index in [1.807, 2.05) is 39.0 Å². The molecule has 1 aliphatic rings. The van der Waals surface area contributed by atoms with Crippen molar-refractivity contribution >= 4 is 49.9 Å². The summed E-state index contributed by atoms with van der Waals surface area (Å²) >= 11 is 3.15. The summed E-state index contributed by atoms with van der Waals surface area (Å²) in [5.41, 5.74) is 2.51. The third-order valence-corrected chi connectivity index (χ3v) is 8.53. The molecule has 0 radical (unpaired) electrons. The Kier molecular flexibility index (Phi) is 9.95. The maximum absolute atomic E-state index is 13.2. The van der Waals surface area contributed by atoms with Crippen LogP contribution in [0.2, 0.25) is 0 Å².